The molecule has 2 aliphatic rings. The molecule has 2 saturated heterocycles. The number of ether oxygens (including phenoxy) is 1. The predicted molar refractivity (Wildman–Crippen MR) is 87.2 cm³/mol. The molecule has 7 nitrogen and oxygen atoms in total. The SMILES string of the molecule is COCc1cn(C2CC3CCC(C2)N3c2ccc(C#N)cn2)nn1. The van der Waals surface area contributed by atoms with Gasteiger partial charge in [-0.15, -0.1) is 5.10 Å². The number of nitrogens with zero attached hydrogens (tertiary/aromatic N) is 6. The highest BCUT2D eigenvalue weighted by Crippen LogP contribution is 2.42. The van der Waals surface area contributed by atoms with Gasteiger partial charge in [0.25, 0.3) is 0 Å². The van der Waals surface area contributed by atoms with Gasteiger partial charge in [-0.2, -0.15) is 5.26 Å². The molecule has 2 bridgehead atoms. The molecular weight excluding hydrogens is 304 g/mol. The molecule has 0 radical (unpaired) electrons. The van der Waals surface area contributed by atoms with Crippen LogP contribution in [0.4, 0.5) is 5.82 Å². The average Bonchev–Trinajstić information content (AvgIpc) is 3.18. The maximum Gasteiger partial charge on any atom is 0.129 e. The summed E-state index contributed by atoms with van der Waals surface area (Å²) in [6, 6.07) is 7.28. The summed E-state index contributed by atoms with van der Waals surface area (Å²) in [6.45, 7) is 0.501. The van der Waals surface area contributed by atoms with E-state index in [2.05, 4.69) is 26.3 Å². The summed E-state index contributed by atoms with van der Waals surface area (Å²) in [5, 5.41) is 17.4. The van der Waals surface area contributed by atoms with Crippen molar-refractivity contribution in [3.8, 4) is 6.07 Å². The van der Waals surface area contributed by atoms with Crippen LogP contribution in [-0.2, 0) is 11.3 Å². The Kier molecular flexibility index (Phi) is 3.90. The van der Waals surface area contributed by atoms with Crippen molar-refractivity contribution in [2.24, 2.45) is 0 Å². The lowest BCUT2D eigenvalue weighted by Gasteiger charge is -2.39. The second-order valence-electron chi connectivity index (χ2n) is 6.56. The molecule has 0 aromatic carbocycles. The van der Waals surface area contributed by atoms with E-state index < -0.39 is 0 Å². The summed E-state index contributed by atoms with van der Waals surface area (Å²) in [6.07, 6.45) is 8.13. The molecule has 124 valence electrons. The van der Waals surface area contributed by atoms with Gasteiger partial charge in [0.05, 0.1) is 24.4 Å². The van der Waals surface area contributed by atoms with Crippen molar-refractivity contribution in [3.63, 3.8) is 0 Å². The molecule has 0 spiro atoms. The Hall–Kier alpha value is -2.46. The average molecular weight is 324 g/mol. The monoisotopic (exact) mass is 324 g/mol. The zero-order valence-electron chi connectivity index (χ0n) is 13.7. The van der Waals surface area contributed by atoms with E-state index in [0.29, 0.717) is 30.3 Å². The number of rotatable bonds is 4. The standard InChI is InChI=1S/C17H20N6O/c1-24-11-13-10-22(21-20-13)16-6-14-3-4-15(7-16)23(14)17-5-2-12(8-18)9-19-17/h2,5,9-10,14-16H,3-4,6-7,11H2,1H3. The number of hydrogen-bond acceptors (Lipinski definition) is 6. The Balaban J connectivity index is 1.51. The van der Waals surface area contributed by atoms with Crippen LogP contribution in [0.5, 0.6) is 0 Å². The molecule has 2 atom stereocenters. The maximum atomic E-state index is 8.93. The second kappa shape index (κ2) is 6.21. The van der Waals surface area contributed by atoms with Crippen LogP contribution in [0.1, 0.15) is 43.0 Å². The number of methoxy groups -OCH3 is 1. The van der Waals surface area contributed by atoms with Crippen LogP contribution in [0.25, 0.3) is 0 Å². The normalized spacial score (nSPS) is 25.7. The van der Waals surface area contributed by atoms with Crippen LogP contribution >= 0.6 is 0 Å². The minimum atomic E-state index is 0.384. The molecule has 2 unspecified atom stereocenters. The van der Waals surface area contributed by atoms with Crippen molar-refractivity contribution >= 4 is 5.82 Å². The van der Waals surface area contributed by atoms with Gasteiger partial charge in [0.2, 0.25) is 0 Å². The third-order valence-electron chi connectivity index (χ3n) is 5.07. The molecule has 0 saturated carbocycles. The first-order valence-corrected chi connectivity index (χ1v) is 8.32. The maximum absolute atomic E-state index is 8.93. The van der Waals surface area contributed by atoms with Crippen LogP contribution in [0.15, 0.2) is 24.5 Å². The van der Waals surface area contributed by atoms with E-state index in [1.54, 1.807) is 13.3 Å². The molecule has 2 aliphatic heterocycles. The lowest BCUT2D eigenvalue weighted by atomic mass is 9.97. The summed E-state index contributed by atoms with van der Waals surface area (Å²) in [5.41, 5.74) is 1.48. The minimum Gasteiger partial charge on any atom is -0.378 e. The van der Waals surface area contributed by atoms with Gasteiger partial charge in [-0.3, -0.25) is 0 Å². The number of piperidine rings is 1. The van der Waals surface area contributed by atoms with E-state index in [-0.39, 0.29) is 0 Å². The molecule has 4 heterocycles. The number of anilines is 1. The largest absolute Gasteiger partial charge is 0.378 e. The number of nitriles is 1. The Morgan fingerprint density at radius 3 is 2.67 bits per heavy atom. The van der Waals surface area contributed by atoms with Crippen molar-refractivity contribution in [2.45, 2.75) is 50.4 Å². The van der Waals surface area contributed by atoms with E-state index in [9.17, 15) is 0 Å². The fourth-order valence-electron chi connectivity index (χ4n) is 4.05. The number of pyridine rings is 1. The second-order valence-corrected chi connectivity index (χ2v) is 6.56. The summed E-state index contributed by atoms with van der Waals surface area (Å²) in [7, 11) is 1.67. The summed E-state index contributed by atoms with van der Waals surface area (Å²) in [4.78, 5) is 6.93. The van der Waals surface area contributed by atoms with E-state index in [4.69, 9.17) is 10.00 Å². The predicted octanol–water partition coefficient (Wildman–Crippen LogP) is 2.06. The van der Waals surface area contributed by atoms with Crippen molar-refractivity contribution in [2.75, 3.05) is 12.0 Å². The van der Waals surface area contributed by atoms with Gasteiger partial charge in [-0.25, -0.2) is 9.67 Å². The highest BCUT2D eigenvalue weighted by atomic mass is 16.5. The summed E-state index contributed by atoms with van der Waals surface area (Å²) < 4.78 is 7.12. The molecule has 7 heteroatoms. The lowest BCUT2D eigenvalue weighted by molar-refractivity contribution is 0.181. The number of aromatic nitrogens is 4. The van der Waals surface area contributed by atoms with Crippen molar-refractivity contribution < 1.29 is 4.74 Å². The Bertz CT molecular complexity index is 735. The fourth-order valence-corrected chi connectivity index (χ4v) is 4.05. The first-order chi connectivity index (χ1) is 11.8. The first-order valence-electron chi connectivity index (χ1n) is 8.32. The molecular formula is C17H20N6O. The van der Waals surface area contributed by atoms with Gasteiger partial charge in [-0.1, -0.05) is 5.21 Å². The van der Waals surface area contributed by atoms with Crippen molar-refractivity contribution in [1.29, 1.82) is 5.26 Å². The first kappa shape index (κ1) is 15.1. The smallest absolute Gasteiger partial charge is 0.129 e. The fraction of sp³-hybridized carbons (Fsp3) is 0.529. The van der Waals surface area contributed by atoms with Crippen LogP contribution in [0.2, 0.25) is 0 Å². The van der Waals surface area contributed by atoms with E-state index >= 15 is 0 Å². The molecule has 0 aliphatic carbocycles. The molecule has 4 rings (SSSR count). The zero-order valence-corrected chi connectivity index (χ0v) is 13.7. The molecule has 24 heavy (non-hydrogen) atoms. The van der Waals surface area contributed by atoms with Gasteiger partial charge in [0, 0.05) is 25.4 Å². The molecule has 0 N–H and O–H groups in total. The van der Waals surface area contributed by atoms with Crippen LogP contribution in [-0.4, -0.2) is 39.2 Å². The van der Waals surface area contributed by atoms with Gasteiger partial charge < -0.3 is 9.64 Å². The van der Waals surface area contributed by atoms with Gasteiger partial charge in [-0.05, 0) is 37.8 Å². The Morgan fingerprint density at radius 2 is 2.04 bits per heavy atom. The van der Waals surface area contributed by atoms with E-state index in [1.807, 2.05) is 23.0 Å². The highest BCUT2D eigenvalue weighted by Gasteiger charge is 2.42. The van der Waals surface area contributed by atoms with Crippen LogP contribution in [0.3, 0.4) is 0 Å². The molecule has 2 fully saturated rings. The van der Waals surface area contributed by atoms with Crippen molar-refractivity contribution in [1.82, 2.24) is 20.0 Å². The van der Waals surface area contributed by atoms with Gasteiger partial charge in [0.15, 0.2) is 0 Å². The Labute approximate surface area is 140 Å². The van der Waals surface area contributed by atoms with Crippen molar-refractivity contribution in [3.05, 3.63) is 35.8 Å². The van der Waals surface area contributed by atoms with E-state index in [1.165, 1.54) is 12.8 Å². The van der Waals surface area contributed by atoms with Gasteiger partial charge >= 0.3 is 0 Å². The molecule has 2 aromatic rings. The summed E-state index contributed by atoms with van der Waals surface area (Å²) in [5.74, 6) is 0.985. The third kappa shape index (κ3) is 2.63. The topological polar surface area (TPSA) is 79.9 Å². The van der Waals surface area contributed by atoms with E-state index in [0.717, 1.165) is 24.4 Å². The zero-order chi connectivity index (χ0) is 16.5. The Morgan fingerprint density at radius 1 is 1.25 bits per heavy atom. The number of fused-ring (bicyclic) bond motifs is 2. The number of hydrogen-bond donors (Lipinski definition) is 0. The molecule has 2 aromatic heterocycles. The van der Waals surface area contributed by atoms with Gasteiger partial charge in [0.1, 0.15) is 17.6 Å². The van der Waals surface area contributed by atoms with Crippen LogP contribution < -0.4 is 4.90 Å². The lowest BCUT2D eigenvalue weighted by Crippen LogP contribution is -2.44. The van der Waals surface area contributed by atoms with Crippen LogP contribution in [0, 0.1) is 11.3 Å². The quantitative estimate of drug-likeness (QED) is 0.856. The summed E-state index contributed by atoms with van der Waals surface area (Å²) >= 11 is 0. The highest BCUT2D eigenvalue weighted by molar-refractivity contribution is 5.46. The minimum absolute atomic E-state index is 0.384. The molecule has 0 amide bonds. The third-order valence-corrected chi connectivity index (χ3v) is 5.07.